The third-order valence-electron chi connectivity index (χ3n) is 5.68. The summed E-state index contributed by atoms with van der Waals surface area (Å²) in [6.07, 6.45) is 4.34. The number of ether oxygens (including phenoxy) is 3. The summed E-state index contributed by atoms with van der Waals surface area (Å²) in [7, 11) is 0. The van der Waals surface area contributed by atoms with Gasteiger partial charge >= 0.3 is 6.09 Å². The highest BCUT2D eigenvalue weighted by Crippen LogP contribution is 2.28. The molecule has 3 aliphatic rings. The fourth-order valence-electron chi connectivity index (χ4n) is 3.98. The molecule has 30 heavy (non-hydrogen) atoms. The van der Waals surface area contributed by atoms with Gasteiger partial charge in [-0.15, -0.1) is 0 Å². The van der Waals surface area contributed by atoms with Gasteiger partial charge in [0.15, 0.2) is 11.9 Å². The van der Waals surface area contributed by atoms with Crippen molar-refractivity contribution in [3.8, 4) is 0 Å². The lowest BCUT2D eigenvalue weighted by Gasteiger charge is -2.30. The minimum atomic E-state index is -0.885. The van der Waals surface area contributed by atoms with Crippen LogP contribution in [0.15, 0.2) is 0 Å². The van der Waals surface area contributed by atoms with Gasteiger partial charge in [0.05, 0.1) is 19.3 Å². The van der Waals surface area contributed by atoms with Crippen LogP contribution >= 0.6 is 27.0 Å². The summed E-state index contributed by atoms with van der Waals surface area (Å²) in [6, 6.07) is -0.673. The molecule has 8 nitrogen and oxygen atoms in total. The van der Waals surface area contributed by atoms with Crippen LogP contribution in [0, 0.1) is 5.92 Å². The van der Waals surface area contributed by atoms with E-state index in [9.17, 15) is 14.4 Å². The summed E-state index contributed by atoms with van der Waals surface area (Å²) in [5.74, 6) is -0.190. The second-order valence-corrected chi connectivity index (χ2v) is 7.68. The number of amides is 2. The number of ketones is 1. The number of carbonyl (C=O) groups is 3. The van der Waals surface area contributed by atoms with Gasteiger partial charge in [-0.25, -0.2) is 4.79 Å². The number of nitrogens with one attached hydrogen (secondary N) is 1. The van der Waals surface area contributed by atoms with Crippen LogP contribution in [0.25, 0.3) is 0 Å². The first-order valence-electron chi connectivity index (χ1n) is 10.0. The molecule has 0 aromatic rings. The average Bonchev–Trinajstić information content (AvgIpc) is 3.01. The summed E-state index contributed by atoms with van der Waals surface area (Å²) < 4.78 is 16.1. The van der Waals surface area contributed by atoms with Crippen LogP contribution in [-0.2, 0) is 23.8 Å². The number of hydrogen-bond acceptors (Lipinski definition) is 6. The molecular weight excluding hydrogens is 428 g/mol. The number of hydrogen-bond donors (Lipinski definition) is 1. The Morgan fingerprint density at radius 2 is 1.80 bits per heavy atom. The van der Waals surface area contributed by atoms with E-state index in [1.807, 2.05) is 0 Å². The Balaban J connectivity index is 0.00000280. The van der Waals surface area contributed by atoms with Gasteiger partial charge in [0.1, 0.15) is 12.6 Å². The van der Waals surface area contributed by atoms with Gasteiger partial charge in [-0.2, -0.15) is 27.0 Å². The molecule has 1 aliphatic carbocycles. The van der Waals surface area contributed by atoms with Crippen molar-refractivity contribution in [2.75, 3.05) is 32.9 Å². The van der Waals surface area contributed by atoms with Crippen LogP contribution in [0.5, 0.6) is 0 Å². The maximum absolute atomic E-state index is 12.8. The third-order valence-corrected chi connectivity index (χ3v) is 5.68. The van der Waals surface area contributed by atoms with Crippen LogP contribution in [0.3, 0.4) is 0 Å². The van der Waals surface area contributed by atoms with E-state index in [-0.39, 0.29) is 52.9 Å². The number of morpholine rings is 1. The van der Waals surface area contributed by atoms with Crippen molar-refractivity contribution in [1.82, 2.24) is 10.2 Å². The first-order chi connectivity index (χ1) is 13.0. The fourth-order valence-corrected chi connectivity index (χ4v) is 3.98. The molecule has 10 heteroatoms. The summed E-state index contributed by atoms with van der Waals surface area (Å²) in [6.45, 7) is 3.63. The molecule has 0 radical (unpaired) electrons. The van der Waals surface area contributed by atoms with Crippen molar-refractivity contribution in [2.45, 2.75) is 71.1 Å². The highest BCUT2D eigenvalue weighted by atomic mass is 32.1. The van der Waals surface area contributed by atoms with Crippen molar-refractivity contribution in [3.05, 3.63) is 0 Å². The zero-order valence-electron chi connectivity index (χ0n) is 17.0. The number of nitrogens with zero attached hydrogens (tertiary/aromatic N) is 1. The van der Waals surface area contributed by atoms with Gasteiger partial charge in [-0.1, -0.05) is 39.5 Å². The summed E-state index contributed by atoms with van der Waals surface area (Å²) in [5, 5.41) is 2.74. The first-order valence-corrected chi connectivity index (χ1v) is 10.0. The largest absolute Gasteiger partial charge is 0.436 e. The van der Waals surface area contributed by atoms with Gasteiger partial charge in [0, 0.05) is 13.1 Å². The lowest BCUT2D eigenvalue weighted by Crippen LogP contribution is -2.51. The molecule has 1 saturated carbocycles. The van der Waals surface area contributed by atoms with E-state index in [4.69, 9.17) is 14.2 Å². The van der Waals surface area contributed by atoms with Crippen LogP contribution in [0.1, 0.15) is 52.9 Å². The van der Waals surface area contributed by atoms with E-state index < -0.39 is 24.1 Å². The molecule has 0 spiro atoms. The van der Waals surface area contributed by atoms with Gasteiger partial charge < -0.3 is 24.4 Å². The molecule has 2 aliphatic heterocycles. The Hall–Kier alpha value is -0.970. The summed E-state index contributed by atoms with van der Waals surface area (Å²) in [5.41, 5.74) is 0. The normalized spacial score (nSPS) is 25.2. The Kier molecular flexibility index (Phi) is 13.7. The molecule has 2 amide bonds. The van der Waals surface area contributed by atoms with Gasteiger partial charge in [0.2, 0.25) is 0 Å². The minimum absolute atomic E-state index is 0. The second-order valence-electron chi connectivity index (χ2n) is 7.68. The Morgan fingerprint density at radius 3 is 2.37 bits per heavy atom. The molecule has 0 aromatic carbocycles. The van der Waals surface area contributed by atoms with Crippen molar-refractivity contribution in [3.63, 3.8) is 0 Å². The van der Waals surface area contributed by atoms with Crippen molar-refractivity contribution < 1.29 is 28.6 Å². The molecule has 2 saturated heterocycles. The van der Waals surface area contributed by atoms with Crippen LogP contribution in [0.4, 0.5) is 4.79 Å². The molecular formula is C20H38N2O6S2. The predicted octanol–water partition coefficient (Wildman–Crippen LogP) is 2.13. The van der Waals surface area contributed by atoms with Crippen LogP contribution < -0.4 is 5.32 Å². The van der Waals surface area contributed by atoms with E-state index in [2.05, 4.69) is 5.32 Å². The number of rotatable bonds is 5. The molecule has 0 bridgehead atoms. The summed E-state index contributed by atoms with van der Waals surface area (Å²) in [4.78, 5) is 38.8. The molecule has 0 unspecified atom stereocenters. The summed E-state index contributed by atoms with van der Waals surface area (Å²) >= 11 is 0. The van der Waals surface area contributed by atoms with Gasteiger partial charge in [-0.3, -0.25) is 9.59 Å². The lowest BCUT2D eigenvalue weighted by atomic mass is 9.85. The molecule has 0 aromatic heterocycles. The van der Waals surface area contributed by atoms with E-state index in [0.29, 0.717) is 38.6 Å². The lowest BCUT2D eigenvalue weighted by molar-refractivity contribution is -0.134. The van der Waals surface area contributed by atoms with E-state index >= 15 is 0 Å². The quantitative estimate of drug-likeness (QED) is 0.667. The topological polar surface area (TPSA) is 94.2 Å². The molecule has 176 valence electrons. The highest BCUT2D eigenvalue weighted by Gasteiger charge is 2.37. The average molecular weight is 467 g/mol. The van der Waals surface area contributed by atoms with E-state index in [0.717, 1.165) is 25.7 Å². The molecule has 3 rings (SSSR count). The van der Waals surface area contributed by atoms with E-state index in [1.165, 1.54) is 6.42 Å². The standard InChI is InChI=1S/C19H30N2O6.CH4.2H2S/c1-13-17(15(22)12-26-13)20-18(23)16(11-14-5-3-2-4-6-14)27-19(24)21-7-9-25-10-8-21;;;/h13-14,16-17H,2-12H2,1H3,(H,20,23);1H4;2*1H2/t13-,16-,17+;;;/m0.../s1. The Morgan fingerprint density at radius 1 is 1.17 bits per heavy atom. The maximum atomic E-state index is 12.8. The molecule has 2 heterocycles. The molecule has 3 atom stereocenters. The van der Waals surface area contributed by atoms with E-state index in [1.54, 1.807) is 11.8 Å². The third kappa shape index (κ3) is 7.94. The van der Waals surface area contributed by atoms with Crippen LogP contribution in [0.2, 0.25) is 0 Å². The zero-order chi connectivity index (χ0) is 19.2. The van der Waals surface area contributed by atoms with Gasteiger partial charge in [0.25, 0.3) is 5.91 Å². The molecule has 1 N–H and O–H groups in total. The monoisotopic (exact) mass is 466 g/mol. The zero-order valence-corrected chi connectivity index (χ0v) is 19.0. The molecule has 3 fully saturated rings. The predicted molar refractivity (Wildman–Crippen MR) is 124 cm³/mol. The first kappa shape index (κ1) is 29.0. The van der Waals surface area contributed by atoms with Crippen LogP contribution in [-0.4, -0.2) is 73.8 Å². The maximum Gasteiger partial charge on any atom is 0.410 e. The SMILES string of the molecule is C.C[C@@H]1OCC(=O)[C@@H]1NC(=O)[C@H](CC1CCCCC1)OC(=O)N1CCOCC1.S.S. The van der Waals surface area contributed by atoms with Crippen molar-refractivity contribution in [2.24, 2.45) is 5.92 Å². The van der Waals surface area contributed by atoms with Crippen molar-refractivity contribution >= 4 is 44.8 Å². The number of carbonyl (C=O) groups excluding carboxylic acids is 3. The number of Topliss-reactive ketones (excluding diaryl/α,β-unsaturated/α-hetero) is 1. The Bertz CT molecular complexity index is 553. The second kappa shape index (κ2) is 14.2. The van der Waals surface area contributed by atoms with Crippen molar-refractivity contribution in [1.29, 1.82) is 0 Å². The fraction of sp³-hybridized carbons (Fsp3) is 0.850. The Labute approximate surface area is 193 Å². The highest BCUT2D eigenvalue weighted by molar-refractivity contribution is 7.59. The van der Waals surface area contributed by atoms with Gasteiger partial charge in [-0.05, 0) is 19.3 Å². The smallest absolute Gasteiger partial charge is 0.410 e. The minimum Gasteiger partial charge on any atom is -0.436 e.